The van der Waals surface area contributed by atoms with Crippen molar-refractivity contribution in [2.24, 2.45) is 17.8 Å². The molecule has 0 unspecified atom stereocenters. The Kier molecular flexibility index (Phi) is 3.25. The number of hydrogen-bond donors (Lipinski definition) is 1. The summed E-state index contributed by atoms with van der Waals surface area (Å²) in [7, 11) is 0. The summed E-state index contributed by atoms with van der Waals surface area (Å²) in [5.74, 6) is 1.53. The van der Waals surface area contributed by atoms with Crippen molar-refractivity contribution in [1.29, 1.82) is 0 Å². The van der Waals surface area contributed by atoms with Gasteiger partial charge in [0, 0.05) is 17.2 Å². The number of aromatic hydroxyl groups is 1. The molecule has 4 fully saturated rings. The van der Waals surface area contributed by atoms with Crippen molar-refractivity contribution in [3.63, 3.8) is 0 Å². The minimum absolute atomic E-state index is 0.0470. The average Bonchev–Trinajstić information content (AvgIpc) is 2.54. The highest BCUT2D eigenvalue weighted by molar-refractivity contribution is 5.67. The molecule has 0 amide bonds. The predicted molar refractivity (Wildman–Crippen MR) is 93.3 cm³/mol. The Morgan fingerprint density at radius 3 is 2.08 bits per heavy atom. The lowest BCUT2D eigenvalue weighted by Gasteiger charge is -2.57. The van der Waals surface area contributed by atoms with Gasteiger partial charge in [0.1, 0.15) is 17.4 Å². The quantitative estimate of drug-likeness (QED) is 0.732. The molecule has 3 heteroatoms. The molecule has 0 saturated heterocycles. The third kappa shape index (κ3) is 2.39. The molecular weight excluding hydrogens is 318 g/mol. The molecule has 6 rings (SSSR count). The zero-order valence-electron chi connectivity index (χ0n) is 14.1. The van der Waals surface area contributed by atoms with Crippen molar-refractivity contribution < 1.29 is 13.9 Å². The van der Waals surface area contributed by atoms with Gasteiger partial charge >= 0.3 is 0 Å². The van der Waals surface area contributed by atoms with Gasteiger partial charge in [-0.2, -0.15) is 0 Å². The van der Waals surface area contributed by atoms with Crippen LogP contribution < -0.4 is 0 Å². The zero-order chi connectivity index (χ0) is 17.2. The van der Waals surface area contributed by atoms with E-state index in [1.54, 1.807) is 12.1 Å². The highest BCUT2D eigenvalue weighted by atomic mass is 19.1. The van der Waals surface area contributed by atoms with E-state index in [1.807, 2.05) is 6.07 Å². The zero-order valence-corrected chi connectivity index (χ0v) is 14.1. The molecule has 2 aromatic rings. The molecule has 0 aromatic heterocycles. The molecule has 0 heterocycles. The summed E-state index contributed by atoms with van der Waals surface area (Å²) in [4.78, 5) is 0. The fraction of sp³-hybridized carbons (Fsp3) is 0.455. The van der Waals surface area contributed by atoms with Crippen molar-refractivity contribution >= 4 is 0 Å². The fourth-order valence-electron chi connectivity index (χ4n) is 6.29. The van der Waals surface area contributed by atoms with Crippen LogP contribution in [-0.2, 0) is 5.41 Å². The van der Waals surface area contributed by atoms with Crippen molar-refractivity contribution in [3.05, 3.63) is 53.6 Å². The molecule has 4 aliphatic rings. The number of halogens is 2. The van der Waals surface area contributed by atoms with E-state index >= 15 is 0 Å². The number of benzene rings is 2. The van der Waals surface area contributed by atoms with Gasteiger partial charge in [-0.3, -0.25) is 0 Å². The molecule has 0 spiro atoms. The fourth-order valence-corrected chi connectivity index (χ4v) is 6.29. The predicted octanol–water partition coefficient (Wildman–Crippen LogP) is 5.81. The summed E-state index contributed by atoms with van der Waals surface area (Å²) < 4.78 is 27.5. The van der Waals surface area contributed by atoms with Gasteiger partial charge in [-0.25, -0.2) is 8.78 Å². The van der Waals surface area contributed by atoms with Crippen LogP contribution in [0, 0.1) is 29.4 Å². The number of hydrogen-bond acceptors (Lipinski definition) is 1. The van der Waals surface area contributed by atoms with E-state index in [0.29, 0.717) is 11.3 Å². The van der Waals surface area contributed by atoms with Crippen LogP contribution in [0.4, 0.5) is 8.78 Å². The van der Waals surface area contributed by atoms with E-state index in [0.717, 1.165) is 54.2 Å². The molecule has 0 aliphatic heterocycles. The molecule has 4 aliphatic carbocycles. The molecule has 0 radical (unpaired) electrons. The van der Waals surface area contributed by atoms with Gasteiger partial charge in [0.15, 0.2) is 0 Å². The second-order valence-corrected chi connectivity index (χ2v) is 8.55. The third-order valence-corrected chi connectivity index (χ3v) is 6.85. The summed E-state index contributed by atoms with van der Waals surface area (Å²) in [5.41, 5.74) is 2.15. The van der Waals surface area contributed by atoms with Crippen LogP contribution in [0.25, 0.3) is 11.1 Å². The third-order valence-electron chi connectivity index (χ3n) is 6.85. The van der Waals surface area contributed by atoms with Crippen LogP contribution >= 0.6 is 0 Å². The summed E-state index contributed by atoms with van der Waals surface area (Å²) >= 11 is 0. The molecule has 1 N–H and O–H groups in total. The first-order valence-electron chi connectivity index (χ1n) is 9.31. The van der Waals surface area contributed by atoms with Crippen LogP contribution in [0.15, 0.2) is 36.4 Å². The van der Waals surface area contributed by atoms with Gasteiger partial charge in [-0.05, 0) is 91.5 Å². The minimum Gasteiger partial charge on any atom is -0.508 e. The summed E-state index contributed by atoms with van der Waals surface area (Å²) in [6.07, 6.45) is 7.44. The summed E-state index contributed by atoms with van der Waals surface area (Å²) in [6.45, 7) is 0. The molecule has 0 atom stereocenters. The van der Waals surface area contributed by atoms with Crippen molar-refractivity contribution in [3.8, 4) is 16.9 Å². The van der Waals surface area contributed by atoms with Crippen LogP contribution in [0.3, 0.4) is 0 Å². The molecular formula is C22H22F2O. The first-order chi connectivity index (χ1) is 12.0. The van der Waals surface area contributed by atoms with Gasteiger partial charge in [0.2, 0.25) is 0 Å². The topological polar surface area (TPSA) is 20.2 Å². The first-order valence-corrected chi connectivity index (χ1v) is 9.31. The van der Waals surface area contributed by atoms with Crippen LogP contribution in [0.1, 0.15) is 44.1 Å². The van der Waals surface area contributed by atoms with Crippen molar-refractivity contribution in [2.45, 2.75) is 43.9 Å². The monoisotopic (exact) mass is 340 g/mol. The maximum atomic E-state index is 14.2. The van der Waals surface area contributed by atoms with Crippen molar-refractivity contribution in [2.75, 3.05) is 0 Å². The largest absolute Gasteiger partial charge is 0.508 e. The summed E-state index contributed by atoms with van der Waals surface area (Å²) in [5, 5.41) is 10.6. The number of rotatable bonds is 2. The smallest absolute Gasteiger partial charge is 0.133 e. The van der Waals surface area contributed by atoms with E-state index in [1.165, 1.54) is 31.4 Å². The Labute approximate surface area is 146 Å². The lowest BCUT2D eigenvalue weighted by Crippen LogP contribution is -2.48. The van der Waals surface area contributed by atoms with Gasteiger partial charge in [-0.1, -0.05) is 6.07 Å². The minimum atomic E-state index is -0.568. The Balaban J connectivity index is 1.60. The Morgan fingerprint density at radius 1 is 0.840 bits per heavy atom. The van der Waals surface area contributed by atoms with E-state index in [4.69, 9.17) is 0 Å². The Morgan fingerprint density at radius 2 is 1.48 bits per heavy atom. The number of phenolic OH excluding ortho intramolecular Hbond substituents is 1. The van der Waals surface area contributed by atoms with E-state index in [9.17, 15) is 13.9 Å². The van der Waals surface area contributed by atoms with Gasteiger partial charge in [0.05, 0.1) is 0 Å². The summed E-state index contributed by atoms with van der Waals surface area (Å²) in [6, 6.07) is 9.07. The Hall–Kier alpha value is -1.90. The average molecular weight is 340 g/mol. The Bertz CT molecular complexity index is 807. The lowest BCUT2D eigenvalue weighted by atomic mass is 9.48. The van der Waals surface area contributed by atoms with E-state index < -0.39 is 11.6 Å². The molecule has 2 aromatic carbocycles. The molecule has 25 heavy (non-hydrogen) atoms. The van der Waals surface area contributed by atoms with Crippen LogP contribution in [0.5, 0.6) is 5.75 Å². The second-order valence-electron chi connectivity index (χ2n) is 8.55. The SMILES string of the molecule is Oc1ccc(-c2ccc(F)cc2F)cc1C12CC3CC(CC(C3)C1)C2. The maximum Gasteiger partial charge on any atom is 0.133 e. The molecule has 130 valence electrons. The van der Waals surface area contributed by atoms with Crippen LogP contribution in [-0.4, -0.2) is 5.11 Å². The number of phenols is 1. The second kappa shape index (κ2) is 5.30. The molecule has 1 nitrogen and oxygen atoms in total. The van der Waals surface area contributed by atoms with Gasteiger partial charge in [0.25, 0.3) is 0 Å². The normalized spacial score (nSPS) is 33.0. The highest BCUT2D eigenvalue weighted by Crippen LogP contribution is 2.62. The van der Waals surface area contributed by atoms with Crippen molar-refractivity contribution in [1.82, 2.24) is 0 Å². The van der Waals surface area contributed by atoms with E-state index in [2.05, 4.69) is 0 Å². The maximum absolute atomic E-state index is 14.2. The molecule has 4 saturated carbocycles. The lowest BCUT2D eigenvalue weighted by molar-refractivity contribution is -0.00611. The van der Waals surface area contributed by atoms with Gasteiger partial charge < -0.3 is 5.11 Å². The van der Waals surface area contributed by atoms with E-state index in [-0.39, 0.29) is 5.41 Å². The first kappa shape index (κ1) is 15.4. The standard InChI is InChI=1S/C22H22F2O/c23-17-2-3-18(20(24)9-17)16-1-4-21(25)19(8-16)22-10-13-5-14(11-22)7-15(6-13)12-22/h1-4,8-9,13-15,25H,5-7,10-12H2. The molecule has 4 bridgehead atoms. The highest BCUT2D eigenvalue weighted by Gasteiger charge is 2.52. The van der Waals surface area contributed by atoms with Crippen LogP contribution in [0.2, 0.25) is 0 Å². The van der Waals surface area contributed by atoms with Gasteiger partial charge in [-0.15, -0.1) is 0 Å².